The number of hydrazone groups is 1. The van der Waals surface area contributed by atoms with Gasteiger partial charge >= 0.3 is 0 Å². The fourth-order valence-electron chi connectivity index (χ4n) is 4.33. The highest BCUT2D eigenvalue weighted by atomic mass is 35.5. The highest BCUT2D eigenvalue weighted by Crippen LogP contribution is 2.43. The van der Waals surface area contributed by atoms with Gasteiger partial charge in [0.15, 0.2) is 5.11 Å². The first kappa shape index (κ1) is 18.3. The molecule has 1 N–H and O–H groups in total. The van der Waals surface area contributed by atoms with Crippen LogP contribution in [0.15, 0.2) is 84.0 Å². The molecule has 3 aromatic rings. The van der Waals surface area contributed by atoms with E-state index in [-0.39, 0.29) is 6.04 Å². The standard InChI is InChI=1S/C24H20ClN3S/c25-18-13-10-17(11-14-18)23-21-15-12-16-6-4-5-9-20(16)22(21)27-28(23)24(29)26-19-7-2-1-3-8-19/h1-11,13-14,21,23H,12,15H2,(H,26,29)/t21-,23-/m1/s1. The van der Waals surface area contributed by atoms with Crippen molar-refractivity contribution in [2.24, 2.45) is 11.0 Å². The fourth-order valence-corrected chi connectivity index (χ4v) is 4.73. The summed E-state index contributed by atoms with van der Waals surface area (Å²) in [6.07, 6.45) is 2.10. The van der Waals surface area contributed by atoms with E-state index in [9.17, 15) is 0 Å². The predicted molar refractivity (Wildman–Crippen MR) is 123 cm³/mol. The molecule has 0 radical (unpaired) electrons. The van der Waals surface area contributed by atoms with Crippen LogP contribution in [0, 0.1) is 5.92 Å². The van der Waals surface area contributed by atoms with Gasteiger partial charge in [-0.25, -0.2) is 5.01 Å². The second kappa shape index (κ2) is 7.62. The van der Waals surface area contributed by atoms with Crippen molar-refractivity contribution in [3.8, 4) is 0 Å². The molecule has 3 aromatic carbocycles. The molecular formula is C24H20ClN3S. The van der Waals surface area contributed by atoms with E-state index >= 15 is 0 Å². The van der Waals surface area contributed by atoms with Crippen molar-refractivity contribution < 1.29 is 0 Å². The van der Waals surface area contributed by atoms with Gasteiger partial charge < -0.3 is 5.32 Å². The summed E-state index contributed by atoms with van der Waals surface area (Å²) in [5.41, 5.74) is 5.87. The van der Waals surface area contributed by atoms with E-state index in [1.807, 2.05) is 47.5 Å². The minimum absolute atomic E-state index is 0.0549. The SMILES string of the molecule is S=C(Nc1ccccc1)N1N=C2c3ccccc3CC[C@H]2[C@H]1c1ccc(Cl)cc1. The Bertz CT molecular complexity index is 1080. The van der Waals surface area contributed by atoms with Crippen molar-refractivity contribution in [1.82, 2.24) is 5.01 Å². The highest BCUT2D eigenvalue weighted by molar-refractivity contribution is 7.80. The molecular weight excluding hydrogens is 398 g/mol. The van der Waals surface area contributed by atoms with Crippen LogP contribution >= 0.6 is 23.8 Å². The van der Waals surface area contributed by atoms with E-state index in [2.05, 4.69) is 41.7 Å². The molecule has 0 unspecified atom stereocenters. The summed E-state index contributed by atoms with van der Waals surface area (Å²) < 4.78 is 0. The van der Waals surface area contributed by atoms with Gasteiger partial charge in [0.25, 0.3) is 0 Å². The quantitative estimate of drug-likeness (QED) is 0.513. The lowest BCUT2D eigenvalue weighted by Gasteiger charge is -2.31. The zero-order valence-corrected chi connectivity index (χ0v) is 17.3. The largest absolute Gasteiger partial charge is 0.331 e. The summed E-state index contributed by atoms with van der Waals surface area (Å²) in [4.78, 5) is 0. The number of aryl methyl sites for hydroxylation is 1. The van der Waals surface area contributed by atoms with Crippen molar-refractivity contribution in [2.45, 2.75) is 18.9 Å². The van der Waals surface area contributed by atoms with E-state index in [0.29, 0.717) is 11.0 Å². The van der Waals surface area contributed by atoms with Crippen molar-refractivity contribution in [1.29, 1.82) is 0 Å². The molecule has 0 fully saturated rings. The van der Waals surface area contributed by atoms with Gasteiger partial charge in [0.2, 0.25) is 0 Å². The Kier molecular flexibility index (Phi) is 4.82. The third-order valence-corrected chi connectivity index (χ3v) is 6.22. The molecule has 5 rings (SSSR count). The van der Waals surface area contributed by atoms with Crippen LogP contribution in [0.1, 0.15) is 29.2 Å². The second-order valence-corrected chi connectivity index (χ2v) is 8.25. The Balaban J connectivity index is 1.55. The van der Waals surface area contributed by atoms with Gasteiger partial charge in [-0.1, -0.05) is 66.2 Å². The van der Waals surface area contributed by atoms with Gasteiger partial charge in [0.1, 0.15) is 0 Å². The van der Waals surface area contributed by atoms with Crippen LogP contribution in [0.4, 0.5) is 5.69 Å². The van der Waals surface area contributed by atoms with Gasteiger partial charge in [0, 0.05) is 22.2 Å². The lowest BCUT2D eigenvalue weighted by molar-refractivity contribution is 0.311. The molecule has 29 heavy (non-hydrogen) atoms. The van der Waals surface area contributed by atoms with Crippen LogP contribution in [-0.2, 0) is 6.42 Å². The van der Waals surface area contributed by atoms with Crippen molar-refractivity contribution in [3.05, 3.63) is 101 Å². The zero-order chi connectivity index (χ0) is 19.8. The molecule has 0 spiro atoms. The molecule has 2 aliphatic rings. The van der Waals surface area contributed by atoms with Gasteiger partial charge in [-0.3, -0.25) is 0 Å². The van der Waals surface area contributed by atoms with Gasteiger partial charge in [-0.15, -0.1) is 0 Å². The Morgan fingerprint density at radius 3 is 2.48 bits per heavy atom. The van der Waals surface area contributed by atoms with E-state index in [1.54, 1.807) is 0 Å². The third-order valence-electron chi connectivity index (χ3n) is 5.67. The first-order valence-corrected chi connectivity index (χ1v) is 10.6. The number of hydrogen-bond donors (Lipinski definition) is 1. The number of nitrogens with one attached hydrogen (secondary N) is 1. The number of halogens is 1. The average Bonchev–Trinajstić information content (AvgIpc) is 3.15. The average molecular weight is 418 g/mol. The maximum atomic E-state index is 6.15. The normalized spacial score (nSPS) is 19.9. The zero-order valence-electron chi connectivity index (χ0n) is 15.8. The predicted octanol–water partition coefficient (Wildman–Crippen LogP) is 6.06. The minimum atomic E-state index is 0.0549. The van der Waals surface area contributed by atoms with Crippen LogP contribution in [0.3, 0.4) is 0 Å². The van der Waals surface area contributed by atoms with Gasteiger partial charge in [-0.05, 0) is 60.5 Å². The molecule has 1 aliphatic heterocycles. The van der Waals surface area contributed by atoms with Crippen LogP contribution < -0.4 is 5.32 Å². The number of benzene rings is 3. The number of anilines is 1. The molecule has 0 bridgehead atoms. The molecule has 1 heterocycles. The van der Waals surface area contributed by atoms with E-state index in [1.165, 1.54) is 16.7 Å². The van der Waals surface area contributed by atoms with Crippen LogP contribution in [0.2, 0.25) is 5.02 Å². The lowest BCUT2D eigenvalue weighted by atomic mass is 9.77. The Morgan fingerprint density at radius 1 is 0.966 bits per heavy atom. The summed E-state index contributed by atoms with van der Waals surface area (Å²) in [7, 11) is 0. The number of nitrogens with zero attached hydrogens (tertiary/aromatic N) is 2. The Labute approximate surface area is 181 Å². The number of rotatable bonds is 2. The molecule has 0 amide bonds. The maximum absolute atomic E-state index is 6.15. The molecule has 3 nitrogen and oxygen atoms in total. The van der Waals surface area contributed by atoms with Crippen molar-refractivity contribution >= 4 is 40.3 Å². The Hall–Kier alpha value is -2.69. The molecule has 0 saturated heterocycles. The number of hydrogen-bond acceptors (Lipinski definition) is 2. The summed E-state index contributed by atoms with van der Waals surface area (Å²) in [5.74, 6) is 0.293. The second-order valence-electron chi connectivity index (χ2n) is 7.42. The number of fused-ring (bicyclic) bond motifs is 3. The number of thiocarbonyl (C=S) groups is 1. The van der Waals surface area contributed by atoms with Gasteiger partial charge in [-0.2, -0.15) is 5.10 Å². The maximum Gasteiger partial charge on any atom is 0.194 e. The van der Waals surface area contributed by atoms with E-state index in [4.69, 9.17) is 28.9 Å². The lowest BCUT2D eigenvalue weighted by Crippen LogP contribution is -2.34. The summed E-state index contributed by atoms with van der Waals surface area (Å²) in [6, 6.07) is 26.7. The molecule has 144 valence electrons. The van der Waals surface area contributed by atoms with Crippen LogP contribution in [0.25, 0.3) is 0 Å². The highest BCUT2D eigenvalue weighted by Gasteiger charge is 2.42. The third kappa shape index (κ3) is 3.43. The first-order valence-electron chi connectivity index (χ1n) is 9.78. The van der Waals surface area contributed by atoms with Gasteiger partial charge in [0.05, 0.1) is 11.8 Å². The molecule has 0 aromatic heterocycles. The molecule has 1 aliphatic carbocycles. The Morgan fingerprint density at radius 2 is 1.69 bits per heavy atom. The summed E-state index contributed by atoms with van der Waals surface area (Å²) >= 11 is 11.9. The van der Waals surface area contributed by atoms with Crippen molar-refractivity contribution in [2.75, 3.05) is 5.32 Å². The van der Waals surface area contributed by atoms with E-state index < -0.39 is 0 Å². The van der Waals surface area contributed by atoms with E-state index in [0.717, 1.165) is 29.3 Å². The molecule has 5 heteroatoms. The topological polar surface area (TPSA) is 27.6 Å². The summed E-state index contributed by atoms with van der Waals surface area (Å²) in [6.45, 7) is 0. The van der Waals surface area contributed by atoms with Crippen LogP contribution in [0.5, 0.6) is 0 Å². The summed E-state index contributed by atoms with van der Waals surface area (Å²) in [5, 5.41) is 11.7. The number of para-hydroxylation sites is 1. The molecule has 2 atom stereocenters. The minimum Gasteiger partial charge on any atom is -0.331 e. The monoisotopic (exact) mass is 417 g/mol. The fraction of sp³-hybridized carbons (Fsp3) is 0.167. The van der Waals surface area contributed by atoms with Crippen molar-refractivity contribution in [3.63, 3.8) is 0 Å². The first-order chi connectivity index (χ1) is 14.2. The van der Waals surface area contributed by atoms with Crippen LogP contribution in [-0.4, -0.2) is 15.8 Å². The molecule has 0 saturated carbocycles. The smallest absolute Gasteiger partial charge is 0.194 e.